The van der Waals surface area contributed by atoms with Gasteiger partial charge in [-0.25, -0.2) is 21.6 Å². The van der Waals surface area contributed by atoms with Gasteiger partial charge in [-0.3, -0.25) is 0 Å². The number of sulfone groups is 1. The maximum absolute atomic E-state index is 13.6. The number of hydrogen-bond donors (Lipinski definition) is 0. The third-order valence-corrected chi connectivity index (χ3v) is 5.84. The number of benzene rings is 3. The van der Waals surface area contributed by atoms with Gasteiger partial charge in [0.1, 0.15) is 17.5 Å². The maximum atomic E-state index is 13.6. The van der Waals surface area contributed by atoms with Gasteiger partial charge >= 0.3 is 0 Å². The van der Waals surface area contributed by atoms with Crippen LogP contribution in [0.5, 0.6) is 0 Å². The zero-order chi connectivity index (χ0) is 18.7. The van der Waals surface area contributed by atoms with Crippen molar-refractivity contribution in [3.63, 3.8) is 0 Å². The highest BCUT2D eigenvalue weighted by molar-refractivity contribution is 7.91. The van der Waals surface area contributed by atoms with Crippen LogP contribution in [0.25, 0.3) is 0 Å². The van der Waals surface area contributed by atoms with Crippen LogP contribution in [-0.4, -0.2) is 8.42 Å². The van der Waals surface area contributed by atoms with Gasteiger partial charge in [0.15, 0.2) is 0 Å². The van der Waals surface area contributed by atoms with Crippen molar-refractivity contribution < 1.29 is 21.6 Å². The van der Waals surface area contributed by atoms with Gasteiger partial charge in [0, 0.05) is 6.07 Å². The van der Waals surface area contributed by atoms with Gasteiger partial charge in [-0.05, 0) is 66.4 Å². The van der Waals surface area contributed by atoms with Gasteiger partial charge in [0.25, 0.3) is 0 Å². The Kier molecular flexibility index (Phi) is 5.13. The molecular formula is C20H15F3O2S. The Morgan fingerprint density at radius 2 is 1.19 bits per heavy atom. The number of rotatable bonds is 5. The average Bonchev–Trinajstić information content (AvgIpc) is 2.62. The Morgan fingerprint density at radius 1 is 0.654 bits per heavy atom. The minimum absolute atomic E-state index is 0.0139. The van der Waals surface area contributed by atoms with Crippen LogP contribution in [0.1, 0.15) is 11.1 Å². The molecule has 0 saturated carbocycles. The zero-order valence-electron chi connectivity index (χ0n) is 13.6. The molecule has 26 heavy (non-hydrogen) atoms. The highest BCUT2D eigenvalue weighted by atomic mass is 32.2. The van der Waals surface area contributed by atoms with Crippen LogP contribution in [-0.2, 0) is 22.7 Å². The molecule has 0 unspecified atom stereocenters. The van der Waals surface area contributed by atoms with Crippen molar-refractivity contribution in [3.05, 3.63) is 95.3 Å². The van der Waals surface area contributed by atoms with E-state index >= 15 is 0 Å². The van der Waals surface area contributed by atoms with Crippen molar-refractivity contribution in [2.45, 2.75) is 22.6 Å². The van der Waals surface area contributed by atoms with E-state index in [1.54, 1.807) is 12.1 Å². The number of hydrogen-bond acceptors (Lipinski definition) is 2. The minimum Gasteiger partial charge on any atom is -0.219 e. The lowest BCUT2D eigenvalue weighted by atomic mass is 10.0. The third kappa shape index (κ3) is 3.96. The summed E-state index contributed by atoms with van der Waals surface area (Å²) in [4.78, 5) is 0.112. The monoisotopic (exact) mass is 376 g/mol. The maximum Gasteiger partial charge on any atom is 0.206 e. The fourth-order valence-electron chi connectivity index (χ4n) is 2.59. The second-order valence-corrected chi connectivity index (χ2v) is 7.79. The van der Waals surface area contributed by atoms with E-state index in [2.05, 4.69) is 0 Å². The van der Waals surface area contributed by atoms with E-state index in [1.807, 2.05) is 0 Å². The van der Waals surface area contributed by atoms with Gasteiger partial charge in [-0.1, -0.05) is 18.2 Å². The van der Waals surface area contributed by atoms with Crippen molar-refractivity contribution in [3.8, 4) is 0 Å². The molecule has 0 aliphatic rings. The van der Waals surface area contributed by atoms with E-state index in [-0.39, 0.29) is 9.79 Å². The summed E-state index contributed by atoms with van der Waals surface area (Å²) in [6, 6.07) is 14.3. The molecule has 0 amide bonds. The molecule has 3 aromatic rings. The molecule has 3 aromatic carbocycles. The quantitative estimate of drug-likeness (QED) is 0.604. The summed E-state index contributed by atoms with van der Waals surface area (Å²) in [5, 5.41) is 0. The van der Waals surface area contributed by atoms with Gasteiger partial charge < -0.3 is 0 Å². The Balaban J connectivity index is 1.74. The Labute approximate surface area is 149 Å². The van der Waals surface area contributed by atoms with E-state index in [0.29, 0.717) is 18.4 Å². The van der Waals surface area contributed by atoms with Gasteiger partial charge in [-0.15, -0.1) is 0 Å². The number of aryl methyl sites for hydroxylation is 2. The van der Waals surface area contributed by atoms with Crippen molar-refractivity contribution in [2.75, 3.05) is 0 Å². The highest BCUT2D eigenvalue weighted by Crippen LogP contribution is 2.22. The second-order valence-electron chi connectivity index (χ2n) is 5.84. The lowest BCUT2D eigenvalue weighted by Crippen LogP contribution is -2.02. The first kappa shape index (κ1) is 18.2. The predicted octanol–water partition coefficient (Wildman–Crippen LogP) is 4.72. The largest absolute Gasteiger partial charge is 0.219 e. The van der Waals surface area contributed by atoms with Crippen LogP contribution in [0.3, 0.4) is 0 Å². The fourth-order valence-corrected chi connectivity index (χ4v) is 3.85. The minimum atomic E-state index is -3.72. The Bertz CT molecular complexity index is 1010. The zero-order valence-corrected chi connectivity index (χ0v) is 14.4. The van der Waals surface area contributed by atoms with Crippen LogP contribution in [0.4, 0.5) is 13.2 Å². The standard InChI is InChI=1S/C20H15F3O2S/c21-16-7-11-19(12-8-16)26(24,25)18-9-2-14(3-10-18)1-4-15-5-6-17(22)13-20(15)23/h2-3,5-13H,1,4H2. The Hall–Kier alpha value is -2.60. The van der Waals surface area contributed by atoms with Crippen molar-refractivity contribution in [1.29, 1.82) is 0 Å². The van der Waals surface area contributed by atoms with Crippen LogP contribution >= 0.6 is 0 Å². The average molecular weight is 376 g/mol. The molecule has 0 heterocycles. The molecule has 0 atom stereocenters. The molecule has 0 radical (unpaired) electrons. The molecule has 0 aliphatic carbocycles. The molecule has 0 bridgehead atoms. The Morgan fingerprint density at radius 3 is 1.77 bits per heavy atom. The van der Waals surface area contributed by atoms with Gasteiger partial charge in [0.05, 0.1) is 9.79 Å². The SMILES string of the molecule is O=S(=O)(c1ccc(F)cc1)c1ccc(CCc2ccc(F)cc2F)cc1. The number of halogens is 3. The van der Waals surface area contributed by atoms with Crippen LogP contribution in [0.15, 0.2) is 76.5 Å². The molecule has 3 rings (SSSR count). The third-order valence-electron chi connectivity index (χ3n) is 4.06. The molecule has 2 nitrogen and oxygen atoms in total. The van der Waals surface area contributed by atoms with E-state index in [4.69, 9.17) is 0 Å². The van der Waals surface area contributed by atoms with Crippen LogP contribution in [0.2, 0.25) is 0 Å². The van der Waals surface area contributed by atoms with E-state index in [1.165, 1.54) is 36.4 Å². The van der Waals surface area contributed by atoms with Crippen LogP contribution in [0, 0.1) is 17.5 Å². The molecule has 0 aromatic heterocycles. The molecule has 134 valence electrons. The van der Waals surface area contributed by atoms with Crippen molar-refractivity contribution >= 4 is 9.84 Å². The molecule has 0 fully saturated rings. The summed E-state index contributed by atoms with van der Waals surface area (Å²) in [5.41, 5.74) is 1.22. The summed E-state index contributed by atoms with van der Waals surface area (Å²) >= 11 is 0. The molecule has 0 aliphatic heterocycles. The van der Waals surface area contributed by atoms with Crippen molar-refractivity contribution in [2.24, 2.45) is 0 Å². The summed E-state index contributed by atoms with van der Waals surface area (Å²) in [7, 11) is -3.72. The molecule has 6 heteroatoms. The molecule has 0 spiro atoms. The predicted molar refractivity (Wildman–Crippen MR) is 92.1 cm³/mol. The summed E-state index contributed by atoms with van der Waals surface area (Å²) < 4.78 is 64.5. The smallest absolute Gasteiger partial charge is 0.206 e. The lowest BCUT2D eigenvalue weighted by molar-refractivity contribution is 0.571. The van der Waals surface area contributed by atoms with Crippen molar-refractivity contribution in [1.82, 2.24) is 0 Å². The normalized spacial score (nSPS) is 11.5. The molecule has 0 saturated heterocycles. The summed E-state index contributed by atoms with van der Waals surface area (Å²) in [6.45, 7) is 0. The highest BCUT2D eigenvalue weighted by Gasteiger charge is 2.17. The fraction of sp³-hybridized carbons (Fsp3) is 0.100. The van der Waals surface area contributed by atoms with Gasteiger partial charge in [0.2, 0.25) is 9.84 Å². The molecule has 0 N–H and O–H groups in total. The van der Waals surface area contributed by atoms with E-state index in [9.17, 15) is 21.6 Å². The second kappa shape index (κ2) is 7.33. The first-order chi connectivity index (χ1) is 12.4. The van der Waals surface area contributed by atoms with Crippen LogP contribution < -0.4 is 0 Å². The first-order valence-corrected chi connectivity index (χ1v) is 9.38. The molecular weight excluding hydrogens is 361 g/mol. The van der Waals surface area contributed by atoms with E-state index in [0.717, 1.165) is 23.8 Å². The summed E-state index contributed by atoms with van der Waals surface area (Å²) in [5.74, 6) is -1.73. The van der Waals surface area contributed by atoms with E-state index < -0.39 is 27.3 Å². The lowest BCUT2D eigenvalue weighted by Gasteiger charge is -2.07. The first-order valence-electron chi connectivity index (χ1n) is 7.90. The summed E-state index contributed by atoms with van der Waals surface area (Å²) in [6.07, 6.45) is 0.857. The topological polar surface area (TPSA) is 34.1 Å². The van der Waals surface area contributed by atoms with Gasteiger partial charge in [-0.2, -0.15) is 0 Å².